The fourth-order valence-electron chi connectivity index (χ4n) is 4.57. The van der Waals surface area contributed by atoms with E-state index in [4.69, 9.17) is 4.74 Å². The van der Waals surface area contributed by atoms with Crippen molar-refractivity contribution in [3.63, 3.8) is 0 Å². The number of rotatable bonds is 13. The predicted octanol–water partition coefficient (Wildman–Crippen LogP) is 5.71. The molecule has 0 aromatic heterocycles. The molecule has 0 bridgehead atoms. The first-order valence-electron chi connectivity index (χ1n) is 11.8. The van der Waals surface area contributed by atoms with Gasteiger partial charge in [0.2, 0.25) is 0 Å². The molecule has 1 aliphatic rings. The molecule has 1 aliphatic heterocycles. The number of carbonyl (C=O) groups excluding carboxylic acids is 1. The average molecular weight is 412 g/mol. The van der Waals surface area contributed by atoms with E-state index in [-0.39, 0.29) is 35.5 Å². The van der Waals surface area contributed by atoms with Gasteiger partial charge in [0.1, 0.15) is 6.10 Å². The Morgan fingerprint density at radius 1 is 1.07 bits per heavy atom. The number of carboxylic acid groups (broad SMARTS) is 1. The lowest BCUT2D eigenvalue weighted by molar-refractivity contribution is -0.163. The van der Waals surface area contributed by atoms with Gasteiger partial charge in [-0.15, -0.1) is 0 Å². The molecule has 0 amide bonds. The Bertz CT molecular complexity index is 523. The molecule has 1 rings (SSSR count). The molecule has 1 saturated heterocycles. The lowest BCUT2D eigenvalue weighted by Crippen LogP contribution is -2.66. The highest BCUT2D eigenvalue weighted by Crippen LogP contribution is 2.39. The summed E-state index contributed by atoms with van der Waals surface area (Å²) in [6.45, 7) is 13.0. The molecule has 170 valence electrons. The summed E-state index contributed by atoms with van der Waals surface area (Å²) in [5, 5.41) is 13.3. The maximum absolute atomic E-state index is 12.6. The summed E-state index contributed by atoms with van der Waals surface area (Å²) in [6, 6.07) is 0. The molecule has 1 heterocycles. The van der Waals surface area contributed by atoms with Gasteiger partial charge >= 0.3 is 11.9 Å². The molecule has 0 saturated carbocycles. The third-order valence-corrected chi connectivity index (χ3v) is 7.27. The Balaban J connectivity index is 2.63. The fraction of sp³-hybridized carbons (Fsp3) is 0.917. The van der Waals surface area contributed by atoms with Gasteiger partial charge in [0.25, 0.3) is 0 Å². The molecule has 5 nitrogen and oxygen atoms in total. The van der Waals surface area contributed by atoms with E-state index in [1.807, 2.05) is 0 Å². The van der Waals surface area contributed by atoms with E-state index >= 15 is 0 Å². The third kappa shape index (κ3) is 7.92. The van der Waals surface area contributed by atoms with E-state index in [2.05, 4.69) is 46.9 Å². The van der Waals surface area contributed by atoms with Gasteiger partial charge in [0.05, 0.1) is 12.3 Å². The van der Waals surface area contributed by atoms with Crippen LogP contribution in [0.1, 0.15) is 112 Å². The summed E-state index contributed by atoms with van der Waals surface area (Å²) in [4.78, 5) is 24.3. The van der Waals surface area contributed by atoms with E-state index in [1.165, 1.54) is 19.3 Å². The highest BCUT2D eigenvalue weighted by Gasteiger charge is 2.47. The van der Waals surface area contributed by atoms with Gasteiger partial charge < -0.3 is 15.2 Å². The van der Waals surface area contributed by atoms with Crippen LogP contribution in [0.25, 0.3) is 0 Å². The largest absolute Gasteiger partial charge is 0.481 e. The molecule has 2 N–H and O–H groups in total. The molecule has 5 heteroatoms. The number of aliphatic carboxylic acids is 1. The van der Waals surface area contributed by atoms with Gasteiger partial charge in [-0.2, -0.15) is 0 Å². The summed E-state index contributed by atoms with van der Waals surface area (Å²) in [6.07, 6.45) is 9.70. The summed E-state index contributed by atoms with van der Waals surface area (Å²) >= 11 is 0. The first-order chi connectivity index (χ1) is 13.6. The maximum atomic E-state index is 12.6. The molecule has 5 atom stereocenters. The first-order valence-corrected chi connectivity index (χ1v) is 11.8. The number of nitrogens with one attached hydrogen (secondary N) is 1. The summed E-state index contributed by atoms with van der Waals surface area (Å²) in [5.41, 5.74) is -0.175. The predicted molar refractivity (Wildman–Crippen MR) is 118 cm³/mol. The molecule has 0 radical (unpaired) electrons. The first kappa shape index (κ1) is 25.9. The normalized spacial score (nSPS) is 30.7. The molecule has 0 aromatic rings. The second-order valence-corrected chi connectivity index (χ2v) is 9.63. The van der Waals surface area contributed by atoms with Crippen LogP contribution in [-0.4, -0.2) is 34.2 Å². The minimum absolute atomic E-state index is 0.0212. The molecule has 29 heavy (non-hydrogen) atoms. The minimum atomic E-state index is -0.884. The van der Waals surface area contributed by atoms with Gasteiger partial charge in [-0.3, -0.25) is 9.59 Å². The average Bonchev–Trinajstić information content (AvgIpc) is 2.67. The number of hydrogen-bond acceptors (Lipinski definition) is 4. The van der Waals surface area contributed by atoms with Crippen LogP contribution in [0, 0.1) is 11.8 Å². The van der Waals surface area contributed by atoms with Gasteiger partial charge in [-0.05, 0) is 33.1 Å². The van der Waals surface area contributed by atoms with Gasteiger partial charge in [0, 0.05) is 23.4 Å². The van der Waals surface area contributed by atoms with Crippen molar-refractivity contribution in [2.45, 2.75) is 129 Å². The molecular weight excluding hydrogens is 366 g/mol. The quantitative estimate of drug-likeness (QED) is 0.300. The zero-order chi connectivity index (χ0) is 22.1. The number of esters is 1. The fourth-order valence-corrected chi connectivity index (χ4v) is 4.57. The summed E-state index contributed by atoms with van der Waals surface area (Å²) in [7, 11) is 0. The van der Waals surface area contributed by atoms with Crippen molar-refractivity contribution in [2.24, 2.45) is 11.8 Å². The van der Waals surface area contributed by atoms with Crippen molar-refractivity contribution in [1.29, 1.82) is 0 Å². The second-order valence-electron chi connectivity index (χ2n) is 9.63. The van der Waals surface area contributed by atoms with Crippen molar-refractivity contribution in [3.8, 4) is 0 Å². The van der Waals surface area contributed by atoms with E-state index in [9.17, 15) is 14.7 Å². The maximum Gasteiger partial charge on any atom is 0.307 e. The van der Waals surface area contributed by atoms with Crippen LogP contribution >= 0.6 is 0 Å². The van der Waals surface area contributed by atoms with Crippen LogP contribution in [0.3, 0.4) is 0 Å². The summed E-state index contributed by atoms with van der Waals surface area (Å²) < 4.78 is 5.90. The van der Waals surface area contributed by atoms with Crippen molar-refractivity contribution >= 4 is 11.9 Å². The molecule has 0 aromatic carbocycles. The Labute approximate surface area is 178 Å². The lowest BCUT2D eigenvalue weighted by Gasteiger charge is -2.52. The molecular formula is C24H45NO4. The van der Waals surface area contributed by atoms with Crippen molar-refractivity contribution in [1.82, 2.24) is 5.32 Å². The molecule has 5 unspecified atom stereocenters. The third-order valence-electron chi connectivity index (χ3n) is 7.27. The van der Waals surface area contributed by atoms with Gasteiger partial charge in [-0.25, -0.2) is 0 Å². The smallest absolute Gasteiger partial charge is 0.307 e. The van der Waals surface area contributed by atoms with E-state index in [0.29, 0.717) is 6.42 Å². The topological polar surface area (TPSA) is 75.6 Å². The second kappa shape index (κ2) is 11.9. The van der Waals surface area contributed by atoms with Crippen LogP contribution in [0.4, 0.5) is 0 Å². The van der Waals surface area contributed by atoms with Crippen molar-refractivity contribution < 1.29 is 19.4 Å². The zero-order valence-electron chi connectivity index (χ0n) is 19.7. The van der Waals surface area contributed by atoms with Crippen molar-refractivity contribution in [3.05, 3.63) is 0 Å². The highest BCUT2D eigenvalue weighted by atomic mass is 16.5. The Hall–Kier alpha value is -1.10. The Morgan fingerprint density at radius 3 is 2.24 bits per heavy atom. The number of hydrogen-bond donors (Lipinski definition) is 2. The highest BCUT2D eigenvalue weighted by molar-refractivity contribution is 5.78. The van der Waals surface area contributed by atoms with Gasteiger partial charge in [0.15, 0.2) is 0 Å². The lowest BCUT2D eigenvalue weighted by atomic mass is 9.70. The number of piperidine rings is 1. The van der Waals surface area contributed by atoms with E-state index in [0.717, 1.165) is 38.5 Å². The van der Waals surface area contributed by atoms with Crippen LogP contribution in [-0.2, 0) is 14.3 Å². The standard InChI is InChI=1S/C24H45NO4/c1-7-10-11-12-13-14-15-19(22(27)28)16-21(26)29-20-17-23(5,8-2)25-24(6,9-3)18(20)4/h18-20,25H,7-17H2,1-6H3,(H,27,28). The van der Waals surface area contributed by atoms with E-state index in [1.54, 1.807) is 0 Å². The molecule has 0 spiro atoms. The van der Waals surface area contributed by atoms with Crippen LogP contribution < -0.4 is 5.32 Å². The van der Waals surface area contributed by atoms with Crippen molar-refractivity contribution in [2.75, 3.05) is 0 Å². The number of ether oxygens (including phenoxy) is 1. The minimum Gasteiger partial charge on any atom is -0.481 e. The molecule has 0 aliphatic carbocycles. The van der Waals surface area contributed by atoms with Crippen LogP contribution in [0.2, 0.25) is 0 Å². The Kier molecular flexibility index (Phi) is 10.7. The zero-order valence-corrected chi connectivity index (χ0v) is 19.7. The Morgan fingerprint density at radius 2 is 1.69 bits per heavy atom. The summed E-state index contributed by atoms with van der Waals surface area (Å²) in [5.74, 6) is -1.71. The number of carboxylic acids is 1. The number of unbranched alkanes of at least 4 members (excludes halogenated alkanes) is 5. The monoisotopic (exact) mass is 411 g/mol. The van der Waals surface area contributed by atoms with Gasteiger partial charge in [-0.1, -0.05) is 66.2 Å². The van der Waals surface area contributed by atoms with Crippen LogP contribution in [0.5, 0.6) is 0 Å². The SMILES string of the molecule is CCCCCCCCC(CC(=O)OC1CC(C)(CC)NC(C)(CC)C1C)C(=O)O. The van der Waals surface area contributed by atoms with E-state index < -0.39 is 11.9 Å². The molecule has 1 fully saturated rings. The van der Waals surface area contributed by atoms with Crippen LogP contribution in [0.15, 0.2) is 0 Å². The number of carbonyl (C=O) groups is 2.